The molecule has 0 saturated carbocycles. The third kappa shape index (κ3) is 4.73. The standard InChI is InChI=1S/C27H22FN7O3S2/c1-13-6-20(26(37)32-11-15-7-14-10-30-23(29)9-21(14)39-15)35-24(13)31-12-19(27(35)38)33-25(36)18-8-22(40-34-18)16-4-2-3-5-17(16)28/h2-5,7-10,12-13,20H,6,11H2,1H3,(H2,29,30)(H,32,37)(H,33,36)/t13-,20+/m1/s1. The topological polar surface area (TPSA) is 145 Å². The third-order valence-electron chi connectivity index (χ3n) is 6.69. The van der Waals surface area contributed by atoms with Crippen LogP contribution in [0, 0.1) is 5.82 Å². The molecular formula is C27H22FN7O3S2. The lowest BCUT2D eigenvalue weighted by molar-refractivity contribution is -0.124. The van der Waals surface area contributed by atoms with Crippen LogP contribution in [-0.4, -0.2) is 30.7 Å². The van der Waals surface area contributed by atoms with Crippen molar-refractivity contribution in [2.24, 2.45) is 0 Å². The number of benzene rings is 1. The van der Waals surface area contributed by atoms with Crippen molar-refractivity contribution < 1.29 is 14.0 Å². The highest BCUT2D eigenvalue weighted by atomic mass is 32.1. The van der Waals surface area contributed by atoms with Crippen molar-refractivity contribution in [1.82, 2.24) is 24.2 Å². The molecule has 2 amide bonds. The number of hydrogen-bond acceptors (Lipinski definition) is 9. The van der Waals surface area contributed by atoms with E-state index in [9.17, 15) is 18.8 Å². The number of anilines is 2. The van der Waals surface area contributed by atoms with Crippen LogP contribution in [0.4, 0.5) is 15.9 Å². The van der Waals surface area contributed by atoms with E-state index in [-0.39, 0.29) is 29.8 Å². The molecule has 13 heteroatoms. The first kappa shape index (κ1) is 25.8. The molecule has 10 nitrogen and oxygen atoms in total. The summed E-state index contributed by atoms with van der Waals surface area (Å²) in [7, 11) is 0. The lowest BCUT2D eigenvalue weighted by Crippen LogP contribution is -2.36. The molecule has 0 bridgehead atoms. The number of nitrogen functional groups attached to an aromatic ring is 1. The fraction of sp³-hybridized carbons (Fsp3) is 0.185. The van der Waals surface area contributed by atoms with Gasteiger partial charge in [-0.15, -0.1) is 11.3 Å². The molecule has 5 aromatic rings. The Morgan fingerprint density at radius 3 is 2.83 bits per heavy atom. The molecule has 40 heavy (non-hydrogen) atoms. The van der Waals surface area contributed by atoms with Crippen LogP contribution in [0.15, 0.2) is 59.7 Å². The summed E-state index contributed by atoms with van der Waals surface area (Å²) in [5, 5.41) is 6.41. The van der Waals surface area contributed by atoms with Gasteiger partial charge in [-0.05, 0) is 42.2 Å². The molecule has 1 aliphatic rings. The van der Waals surface area contributed by atoms with Crippen LogP contribution in [0.2, 0.25) is 0 Å². The Hall–Kier alpha value is -4.49. The summed E-state index contributed by atoms with van der Waals surface area (Å²) in [6.45, 7) is 2.18. The number of halogens is 1. The second kappa shape index (κ2) is 10.2. The van der Waals surface area contributed by atoms with Crippen molar-refractivity contribution in [1.29, 1.82) is 0 Å². The smallest absolute Gasteiger partial charge is 0.278 e. The number of rotatable bonds is 6. The molecular weight excluding hydrogens is 553 g/mol. The highest BCUT2D eigenvalue weighted by molar-refractivity contribution is 7.19. The van der Waals surface area contributed by atoms with E-state index in [0.717, 1.165) is 26.5 Å². The number of thiophene rings is 1. The predicted octanol–water partition coefficient (Wildman–Crippen LogP) is 4.31. The van der Waals surface area contributed by atoms with Crippen LogP contribution >= 0.6 is 22.9 Å². The Labute approximate surface area is 234 Å². The SMILES string of the molecule is C[C@@H]1C[C@@H](C(=O)NCc2cc3cnc(N)cc3s2)n2c1ncc(NC(=O)c1cc(-c3ccccc3F)sn1)c2=O. The van der Waals surface area contributed by atoms with E-state index >= 15 is 0 Å². The number of carbonyl (C=O) groups excluding carboxylic acids is 2. The second-order valence-electron chi connectivity index (χ2n) is 9.45. The molecule has 0 fully saturated rings. The van der Waals surface area contributed by atoms with Crippen molar-refractivity contribution in [3.8, 4) is 10.4 Å². The molecule has 0 spiro atoms. The minimum Gasteiger partial charge on any atom is -0.384 e. The van der Waals surface area contributed by atoms with Gasteiger partial charge in [-0.3, -0.25) is 19.0 Å². The van der Waals surface area contributed by atoms with Crippen molar-refractivity contribution in [2.45, 2.75) is 31.8 Å². The third-order valence-corrected chi connectivity index (χ3v) is 8.62. The summed E-state index contributed by atoms with van der Waals surface area (Å²) in [6.07, 6.45) is 3.38. The van der Waals surface area contributed by atoms with Gasteiger partial charge in [-0.1, -0.05) is 25.1 Å². The summed E-state index contributed by atoms with van der Waals surface area (Å²) < 4.78 is 20.6. The number of nitrogens with zero attached hydrogens (tertiary/aromatic N) is 4. The normalized spacial score (nSPS) is 16.1. The fourth-order valence-corrected chi connectivity index (χ4v) is 6.53. The summed E-state index contributed by atoms with van der Waals surface area (Å²) >= 11 is 2.48. The minimum absolute atomic E-state index is 0.0381. The number of nitrogens with one attached hydrogen (secondary N) is 2. The van der Waals surface area contributed by atoms with Gasteiger partial charge in [0, 0.05) is 32.6 Å². The maximum Gasteiger partial charge on any atom is 0.278 e. The fourth-order valence-electron chi connectivity index (χ4n) is 4.74. The number of nitrogens with two attached hydrogens (primary N) is 1. The summed E-state index contributed by atoms with van der Waals surface area (Å²) in [5.74, 6) is -0.605. The maximum absolute atomic E-state index is 14.1. The van der Waals surface area contributed by atoms with Crippen LogP contribution in [0.5, 0.6) is 0 Å². The summed E-state index contributed by atoms with van der Waals surface area (Å²) in [6, 6.07) is 10.6. The monoisotopic (exact) mass is 575 g/mol. The van der Waals surface area contributed by atoms with E-state index in [1.54, 1.807) is 30.5 Å². The van der Waals surface area contributed by atoms with Crippen molar-refractivity contribution in [3.63, 3.8) is 0 Å². The van der Waals surface area contributed by atoms with Gasteiger partial charge in [0.2, 0.25) is 5.91 Å². The van der Waals surface area contributed by atoms with Gasteiger partial charge in [-0.25, -0.2) is 14.4 Å². The molecule has 4 aromatic heterocycles. The molecule has 0 unspecified atom stereocenters. The quantitative estimate of drug-likeness (QED) is 0.274. The number of pyridine rings is 1. The first-order valence-electron chi connectivity index (χ1n) is 12.3. The minimum atomic E-state index is -0.777. The van der Waals surface area contributed by atoms with Crippen molar-refractivity contribution >= 4 is 56.3 Å². The lowest BCUT2D eigenvalue weighted by atomic mass is 10.1. The molecule has 6 rings (SSSR count). The zero-order valence-corrected chi connectivity index (χ0v) is 22.7. The van der Waals surface area contributed by atoms with Gasteiger partial charge in [-0.2, -0.15) is 4.37 Å². The molecule has 0 aliphatic carbocycles. The van der Waals surface area contributed by atoms with E-state index in [1.807, 2.05) is 13.0 Å². The molecule has 1 aliphatic heterocycles. The number of fused-ring (bicyclic) bond motifs is 2. The molecule has 202 valence electrons. The van der Waals surface area contributed by atoms with E-state index < -0.39 is 23.3 Å². The van der Waals surface area contributed by atoms with Crippen LogP contribution in [0.3, 0.4) is 0 Å². The van der Waals surface area contributed by atoms with Gasteiger partial charge in [0.15, 0.2) is 0 Å². The van der Waals surface area contributed by atoms with Gasteiger partial charge in [0.25, 0.3) is 11.5 Å². The van der Waals surface area contributed by atoms with E-state index in [1.165, 1.54) is 34.2 Å². The molecule has 4 N–H and O–H groups in total. The Morgan fingerprint density at radius 1 is 1.18 bits per heavy atom. The summed E-state index contributed by atoms with van der Waals surface area (Å²) in [4.78, 5) is 49.4. The van der Waals surface area contributed by atoms with Crippen LogP contribution < -0.4 is 21.9 Å². The number of aromatic nitrogens is 4. The zero-order valence-electron chi connectivity index (χ0n) is 21.1. The van der Waals surface area contributed by atoms with E-state index in [2.05, 4.69) is 25.0 Å². The second-order valence-corrected chi connectivity index (χ2v) is 11.4. The first-order chi connectivity index (χ1) is 19.3. The average molecular weight is 576 g/mol. The zero-order chi connectivity index (χ0) is 28.0. The van der Waals surface area contributed by atoms with Gasteiger partial charge in [0.1, 0.15) is 34.9 Å². The molecule has 5 heterocycles. The number of amides is 2. The first-order valence-corrected chi connectivity index (χ1v) is 13.9. The molecule has 2 atom stereocenters. The summed E-state index contributed by atoms with van der Waals surface area (Å²) in [5.41, 5.74) is 5.53. The highest BCUT2D eigenvalue weighted by Gasteiger charge is 2.36. The van der Waals surface area contributed by atoms with Gasteiger partial charge >= 0.3 is 0 Å². The average Bonchev–Trinajstić information content (AvgIpc) is 3.66. The Bertz CT molecular complexity index is 1850. The Kier molecular flexibility index (Phi) is 6.60. The lowest BCUT2D eigenvalue weighted by Gasteiger charge is -2.15. The van der Waals surface area contributed by atoms with Crippen LogP contribution in [0.25, 0.3) is 20.5 Å². The van der Waals surface area contributed by atoms with Crippen LogP contribution in [-0.2, 0) is 11.3 Å². The largest absolute Gasteiger partial charge is 0.384 e. The maximum atomic E-state index is 14.1. The van der Waals surface area contributed by atoms with Gasteiger partial charge < -0.3 is 16.4 Å². The molecule has 0 saturated heterocycles. The highest BCUT2D eigenvalue weighted by Crippen LogP contribution is 2.34. The Balaban J connectivity index is 1.20. The van der Waals surface area contributed by atoms with Crippen molar-refractivity contribution in [2.75, 3.05) is 11.1 Å². The van der Waals surface area contributed by atoms with Crippen LogP contribution in [0.1, 0.15) is 46.5 Å². The Morgan fingerprint density at radius 2 is 2.00 bits per heavy atom. The molecule has 1 aromatic carbocycles. The van der Waals surface area contributed by atoms with Gasteiger partial charge in [0.05, 0.1) is 17.6 Å². The number of hydrogen-bond donors (Lipinski definition) is 3. The number of carbonyl (C=O) groups is 2. The van der Waals surface area contributed by atoms with E-state index in [4.69, 9.17) is 5.73 Å². The van der Waals surface area contributed by atoms with E-state index in [0.29, 0.717) is 28.5 Å². The van der Waals surface area contributed by atoms with Crippen molar-refractivity contribution in [3.05, 3.63) is 87.4 Å². The predicted molar refractivity (Wildman–Crippen MR) is 152 cm³/mol. The molecule has 0 radical (unpaired) electrons.